The third kappa shape index (κ3) is 2.22. The van der Waals surface area contributed by atoms with Crippen LogP contribution >= 0.6 is 0 Å². The van der Waals surface area contributed by atoms with Gasteiger partial charge in [0.2, 0.25) is 5.91 Å². The van der Waals surface area contributed by atoms with Gasteiger partial charge in [0.25, 0.3) is 0 Å². The average molecular weight is 248 g/mol. The SMILES string of the molecule is Cc1cccc(C)c1N1CC(C(=O)O)NCC1=O. The molecule has 1 aliphatic rings. The molecular weight excluding hydrogens is 232 g/mol. The van der Waals surface area contributed by atoms with Crippen molar-refractivity contribution in [3.05, 3.63) is 29.3 Å². The summed E-state index contributed by atoms with van der Waals surface area (Å²) in [6.07, 6.45) is 0. The Bertz CT molecular complexity index is 479. The molecule has 1 heterocycles. The molecule has 0 spiro atoms. The Morgan fingerprint density at radius 1 is 1.39 bits per heavy atom. The second-order valence-electron chi connectivity index (χ2n) is 4.52. The Kier molecular flexibility index (Phi) is 3.34. The van der Waals surface area contributed by atoms with Gasteiger partial charge in [-0.05, 0) is 25.0 Å². The minimum atomic E-state index is -0.932. The molecule has 0 aliphatic carbocycles. The first-order valence-electron chi connectivity index (χ1n) is 5.83. The van der Waals surface area contributed by atoms with Crippen LogP contribution in [-0.4, -0.2) is 36.1 Å². The molecule has 1 amide bonds. The zero-order chi connectivity index (χ0) is 13.3. The highest BCUT2D eigenvalue weighted by molar-refractivity contribution is 5.98. The number of hydrogen-bond acceptors (Lipinski definition) is 3. The van der Waals surface area contributed by atoms with E-state index in [2.05, 4.69) is 5.32 Å². The Hall–Kier alpha value is -1.88. The second-order valence-corrected chi connectivity index (χ2v) is 4.52. The van der Waals surface area contributed by atoms with E-state index in [0.29, 0.717) is 0 Å². The Labute approximate surface area is 105 Å². The van der Waals surface area contributed by atoms with E-state index in [1.807, 2.05) is 32.0 Å². The number of carboxylic acid groups (broad SMARTS) is 1. The van der Waals surface area contributed by atoms with Crippen LogP contribution in [0.25, 0.3) is 0 Å². The molecule has 1 aromatic rings. The van der Waals surface area contributed by atoms with Crippen molar-refractivity contribution in [1.29, 1.82) is 0 Å². The molecule has 0 radical (unpaired) electrons. The summed E-state index contributed by atoms with van der Waals surface area (Å²) in [6, 6.07) is 5.07. The summed E-state index contributed by atoms with van der Waals surface area (Å²) in [6.45, 7) is 4.07. The highest BCUT2D eigenvalue weighted by Crippen LogP contribution is 2.25. The minimum Gasteiger partial charge on any atom is -0.480 e. The number of carbonyl (C=O) groups excluding carboxylic acids is 1. The fourth-order valence-electron chi connectivity index (χ4n) is 2.27. The normalized spacial score (nSPS) is 20.0. The van der Waals surface area contributed by atoms with Crippen LogP contribution in [0.15, 0.2) is 18.2 Å². The molecule has 5 nitrogen and oxygen atoms in total. The predicted octanol–water partition coefficient (Wildman–Crippen LogP) is 0.693. The number of aliphatic carboxylic acids is 1. The standard InChI is InChI=1S/C13H16N2O3/c1-8-4-3-5-9(2)12(8)15-7-10(13(17)18)14-6-11(15)16/h3-5,10,14H,6-7H2,1-2H3,(H,17,18). The molecular formula is C13H16N2O3. The average Bonchev–Trinajstić information content (AvgIpc) is 2.30. The number of anilines is 1. The van der Waals surface area contributed by atoms with Crippen LogP contribution in [0.5, 0.6) is 0 Å². The first kappa shape index (κ1) is 12.6. The number of hydrogen-bond donors (Lipinski definition) is 2. The van der Waals surface area contributed by atoms with Crippen molar-refractivity contribution in [2.45, 2.75) is 19.9 Å². The van der Waals surface area contributed by atoms with E-state index in [0.717, 1.165) is 16.8 Å². The van der Waals surface area contributed by atoms with E-state index >= 15 is 0 Å². The highest BCUT2D eigenvalue weighted by atomic mass is 16.4. The summed E-state index contributed by atoms with van der Waals surface area (Å²) in [5.74, 6) is -1.02. The molecule has 18 heavy (non-hydrogen) atoms. The maximum atomic E-state index is 11.9. The number of carbonyl (C=O) groups is 2. The van der Waals surface area contributed by atoms with Gasteiger partial charge in [0.1, 0.15) is 6.04 Å². The van der Waals surface area contributed by atoms with E-state index in [9.17, 15) is 9.59 Å². The highest BCUT2D eigenvalue weighted by Gasteiger charge is 2.31. The van der Waals surface area contributed by atoms with Gasteiger partial charge in [0.05, 0.1) is 13.1 Å². The molecule has 1 unspecified atom stereocenters. The van der Waals surface area contributed by atoms with Gasteiger partial charge >= 0.3 is 5.97 Å². The van der Waals surface area contributed by atoms with Crippen LogP contribution < -0.4 is 10.2 Å². The monoisotopic (exact) mass is 248 g/mol. The van der Waals surface area contributed by atoms with Crippen molar-refractivity contribution in [1.82, 2.24) is 5.32 Å². The molecule has 2 rings (SSSR count). The summed E-state index contributed by atoms with van der Waals surface area (Å²) in [5, 5.41) is 11.7. The molecule has 0 saturated carbocycles. The van der Waals surface area contributed by atoms with Crippen LogP contribution in [0.1, 0.15) is 11.1 Å². The van der Waals surface area contributed by atoms with E-state index < -0.39 is 12.0 Å². The van der Waals surface area contributed by atoms with E-state index in [1.54, 1.807) is 4.90 Å². The number of benzene rings is 1. The summed E-state index contributed by atoms with van der Waals surface area (Å²) in [7, 11) is 0. The second kappa shape index (κ2) is 4.78. The largest absolute Gasteiger partial charge is 0.480 e. The molecule has 1 aliphatic heterocycles. The maximum Gasteiger partial charge on any atom is 0.322 e. The first-order chi connectivity index (χ1) is 8.50. The van der Waals surface area contributed by atoms with E-state index in [1.165, 1.54) is 0 Å². The molecule has 1 atom stereocenters. The van der Waals surface area contributed by atoms with Crippen molar-refractivity contribution in [3.8, 4) is 0 Å². The van der Waals surface area contributed by atoms with Crippen molar-refractivity contribution in [2.24, 2.45) is 0 Å². The Balaban J connectivity index is 2.36. The van der Waals surface area contributed by atoms with Crippen LogP contribution in [0.4, 0.5) is 5.69 Å². The topological polar surface area (TPSA) is 69.6 Å². The number of nitrogens with zero attached hydrogens (tertiary/aromatic N) is 1. The van der Waals surface area contributed by atoms with E-state index in [-0.39, 0.29) is 19.0 Å². The minimum absolute atomic E-state index is 0.0603. The number of para-hydroxylation sites is 1. The lowest BCUT2D eigenvalue weighted by Crippen LogP contribution is -2.57. The van der Waals surface area contributed by atoms with Crippen molar-refractivity contribution in [3.63, 3.8) is 0 Å². The number of amides is 1. The number of nitrogens with one attached hydrogen (secondary N) is 1. The molecule has 2 N–H and O–H groups in total. The summed E-state index contributed by atoms with van der Waals surface area (Å²) < 4.78 is 0. The smallest absolute Gasteiger partial charge is 0.322 e. The lowest BCUT2D eigenvalue weighted by Gasteiger charge is -2.33. The number of rotatable bonds is 2. The first-order valence-corrected chi connectivity index (χ1v) is 5.83. The van der Waals surface area contributed by atoms with Gasteiger partial charge in [-0.1, -0.05) is 18.2 Å². The van der Waals surface area contributed by atoms with E-state index in [4.69, 9.17) is 5.11 Å². The molecule has 1 aromatic carbocycles. The molecule has 0 aromatic heterocycles. The van der Waals surface area contributed by atoms with Gasteiger partial charge in [-0.2, -0.15) is 0 Å². The summed E-state index contributed by atoms with van der Waals surface area (Å²) in [5.41, 5.74) is 2.79. The quantitative estimate of drug-likeness (QED) is 0.808. The fraction of sp³-hybridized carbons (Fsp3) is 0.385. The van der Waals surface area contributed by atoms with Crippen molar-refractivity contribution >= 4 is 17.6 Å². The number of carboxylic acids is 1. The summed E-state index contributed by atoms with van der Waals surface area (Å²) in [4.78, 5) is 24.5. The van der Waals surface area contributed by atoms with Crippen LogP contribution in [-0.2, 0) is 9.59 Å². The lowest BCUT2D eigenvalue weighted by molar-refractivity contribution is -0.139. The van der Waals surface area contributed by atoms with Crippen molar-refractivity contribution in [2.75, 3.05) is 18.0 Å². The molecule has 5 heteroatoms. The fourth-order valence-corrected chi connectivity index (χ4v) is 2.27. The Morgan fingerprint density at radius 3 is 2.56 bits per heavy atom. The third-order valence-corrected chi connectivity index (χ3v) is 3.17. The van der Waals surface area contributed by atoms with Gasteiger partial charge in [0.15, 0.2) is 0 Å². The maximum absolute atomic E-state index is 11.9. The van der Waals surface area contributed by atoms with Gasteiger partial charge in [0, 0.05) is 5.69 Å². The van der Waals surface area contributed by atoms with Crippen LogP contribution in [0, 0.1) is 13.8 Å². The third-order valence-electron chi connectivity index (χ3n) is 3.17. The number of piperazine rings is 1. The van der Waals surface area contributed by atoms with Gasteiger partial charge in [-0.25, -0.2) is 0 Å². The zero-order valence-corrected chi connectivity index (χ0v) is 10.4. The lowest BCUT2D eigenvalue weighted by atomic mass is 10.1. The molecule has 96 valence electrons. The Morgan fingerprint density at radius 2 is 2.00 bits per heavy atom. The zero-order valence-electron chi connectivity index (χ0n) is 10.4. The number of aryl methyl sites for hydroxylation is 2. The van der Waals surface area contributed by atoms with Gasteiger partial charge < -0.3 is 10.0 Å². The van der Waals surface area contributed by atoms with Gasteiger partial charge in [-0.15, -0.1) is 0 Å². The molecule has 1 fully saturated rings. The van der Waals surface area contributed by atoms with Crippen LogP contribution in [0.2, 0.25) is 0 Å². The van der Waals surface area contributed by atoms with Crippen LogP contribution in [0.3, 0.4) is 0 Å². The summed E-state index contributed by atoms with van der Waals surface area (Å²) >= 11 is 0. The molecule has 0 bridgehead atoms. The molecule has 1 saturated heterocycles. The predicted molar refractivity (Wildman–Crippen MR) is 67.7 cm³/mol. The van der Waals surface area contributed by atoms with Crippen molar-refractivity contribution < 1.29 is 14.7 Å². The van der Waals surface area contributed by atoms with Gasteiger partial charge in [-0.3, -0.25) is 14.9 Å².